The number of carbonyl (C=O) groups is 2. The number of nitrogens with zero attached hydrogens (tertiary/aromatic N) is 1. The Morgan fingerprint density at radius 1 is 0.897 bits per heavy atom. The number of hydrogen-bond donors (Lipinski definition) is 1. The van der Waals surface area contributed by atoms with Gasteiger partial charge in [0, 0.05) is 29.9 Å². The van der Waals surface area contributed by atoms with Crippen LogP contribution in [0.1, 0.15) is 34.3 Å². The monoisotopic (exact) mass is 384 g/mol. The number of rotatable bonds is 5. The Kier molecular flexibility index (Phi) is 5.71. The zero-order valence-electron chi connectivity index (χ0n) is 16.3. The van der Waals surface area contributed by atoms with Crippen LogP contribution >= 0.6 is 0 Å². The molecule has 1 aliphatic heterocycles. The first-order chi connectivity index (χ1) is 14.2. The normalized spacial score (nSPS) is 12.9. The summed E-state index contributed by atoms with van der Waals surface area (Å²) in [7, 11) is 0. The molecule has 0 radical (unpaired) electrons. The standard InChI is InChI=1S/C25H24N2O2/c28-24(16-13-19-8-3-1-4-9-19)26-22-15-14-20-12-7-17-27(23(20)18-22)25(29)21-10-5-2-6-11-21/h1-6,8-11,14-15,18H,7,12-13,16-17H2,(H,26,28). The van der Waals surface area contributed by atoms with Crippen molar-refractivity contribution in [2.24, 2.45) is 0 Å². The third-order valence-corrected chi connectivity index (χ3v) is 5.24. The van der Waals surface area contributed by atoms with Gasteiger partial charge in [-0.05, 0) is 54.7 Å². The first-order valence-electron chi connectivity index (χ1n) is 10.0. The summed E-state index contributed by atoms with van der Waals surface area (Å²) < 4.78 is 0. The Bertz CT molecular complexity index is 1000. The molecule has 0 unspecified atom stereocenters. The predicted molar refractivity (Wildman–Crippen MR) is 116 cm³/mol. The minimum atomic E-state index is -0.0226. The molecule has 0 saturated carbocycles. The van der Waals surface area contributed by atoms with Crippen LogP contribution in [-0.4, -0.2) is 18.4 Å². The molecule has 0 bridgehead atoms. The van der Waals surface area contributed by atoms with Gasteiger partial charge >= 0.3 is 0 Å². The fraction of sp³-hybridized carbons (Fsp3) is 0.200. The van der Waals surface area contributed by atoms with Crippen molar-refractivity contribution in [3.63, 3.8) is 0 Å². The Labute approximate surface area is 171 Å². The second kappa shape index (κ2) is 8.74. The summed E-state index contributed by atoms with van der Waals surface area (Å²) in [5, 5.41) is 2.98. The molecule has 4 heteroatoms. The van der Waals surface area contributed by atoms with Crippen LogP contribution in [0.2, 0.25) is 0 Å². The van der Waals surface area contributed by atoms with Gasteiger partial charge in [0.15, 0.2) is 0 Å². The molecule has 2 amide bonds. The van der Waals surface area contributed by atoms with Crippen LogP contribution in [0.25, 0.3) is 0 Å². The number of aryl methyl sites for hydroxylation is 2. The van der Waals surface area contributed by atoms with Crippen molar-refractivity contribution in [1.82, 2.24) is 0 Å². The van der Waals surface area contributed by atoms with Crippen molar-refractivity contribution in [2.45, 2.75) is 25.7 Å². The minimum Gasteiger partial charge on any atom is -0.326 e. The van der Waals surface area contributed by atoms with E-state index in [0.717, 1.165) is 35.3 Å². The summed E-state index contributed by atoms with van der Waals surface area (Å²) >= 11 is 0. The van der Waals surface area contributed by atoms with Gasteiger partial charge in [0.25, 0.3) is 5.91 Å². The van der Waals surface area contributed by atoms with Gasteiger partial charge < -0.3 is 10.2 Å². The lowest BCUT2D eigenvalue weighted by Gasteiger charge is -2.30. The van der Waals surface area contributed by atoms with Crippen LogP contribution < -0.4 is 10.2 Å². The molecule has 146 valence electrons. The average Bonchev–Trinajstić information content (AvgIpc) is 2.78. The zero-order chi connectivity index (χ0) is 20.1. The van der Waals surface area contributed by atoms with Crippen LogP contribution in [0.15, 0.2) is 78.9 Å². The molecule has 1 aliphatic rings. The molecule has 0 aromatic heterocycles. The smallest absolute Gasteiger partial charge is 0.258 e. The van der Waals surface area contributed by atoms with Crippen LogP contribution in [0.4, 0.5) is 11.4 Å². The Morgan fingerprint density at radius 2 is 1.62 bits per heavy atom. The molecule has 4 rings (SSSR count). The summed E-state index contributed by atoms with van der Waals surface area (Å²) in [6.45, 7) is 0.687. The first kappa shape index (κ1) is 18.9. The van der Waals surface area contributed by atoms with Crippen molar-refractivity contribution < 1.29 is 9.59 Å². The SMILES string of the molecule is O=C(CCc1ccccc1)Nc1ccc2c(c1)N(C(=O)c1ccccc1)CCC2. The maximum atomic E-state index is 13.0. The quantitative estimate of drug-likeness (QED) is 0.684. The molecule has 0 saturated heterocycles. The number of fused-ring (bicyclic) bond motifs is 1. The number of anilines is 2. The second-order valence-corrected chi connectivity index (χ2v) is 7.30. The molecular formula is C25H24N2O2. The van der Waals surface area contributed by atoms with E-state index < -0.39 is 0 Å². The highest BCUT2D eigenvalue weighted by atomic mass is 16.2. The largest absolute Gasteiger partial charge is 0.326 e. The van der Waals surface area contributed by atoms with Crippen LogP contribution in [0, 0.1) is 0 Å². The number of hydrogen-bond acceptors (Lipinski definition) is 2. The topological polar surface area (TPSA) is 49.4 Å². The highest BCUT2D eigenvalue weighted by Crippen LogP contribution is 2.31. The van der Waals surface area contributed by atoms with Gasteiger partial charge in [-0.1, -0.05) is 54.6 Å². The molecule has 1 heterocycles. The van der Waals surface area contributed by atoms with E-state index in [2.05, 4.69) is 5.32 Å². The van der Waals surface area contributed by atoms with Crippen molar-refractivity contribution in [1.29, 1.82) is 0 Å². The molecule has 4 nitrogen and oxygen atoms in total. The zero-order valence-corrected chi connectivity index (χ0v) is 16.3. The Morgan fingerprint density at radius 3 is 2.38 bits per heavy atom. The van der Waals surface area contributed by atoms with E-state index in [-0.39, 0.29) is 11.8 Å². The fourth-order valence-corrected chi connectivity index (χ4v) is 3.73. The minimum absolute atomic E-state index is 0.000830. The third-order valence-electron chi connectivity index (χ3n) is 5.24. The first-order valence-corrected chi connectivity index (χ1v) is 10.0. The van der Waals surface area contributed by atoms with E-state index >= 15 is 0 Å². The highest BCUT2D eigenvalue weighted by molar-refractivity contribution is 6.07. The van der Waals surface area contributed by atoms with Crippen molar-refractivity contribution in [3.8, 4) is 0 Å². The van der Waals surface area contributed by atoms with E-state index in [4.69, 9.17) is 0 Å². The van der Waals surface area contributed by atoms with Crippen LogP contribution in [0.5, 0.6) is 0 Å². The van der Waals surface area contributed by atoms with E-state index in [1.165, 1.54) is 0 Å². The van der Waals surface area contributed by atoms with Crippen molar-refractivity contribution in [3.05, 3.63) is 95.6 Å². The van der Waals surface area contributed by atoms with Gasteiger partial charge in [0.2, 0.25) is 5.91 Å². The van der Waals surface area contributed by atoms with E-state index in [1.54, 1.807) is 0 Å². The van der Waals surface area contributed by atoms with Crippen LogP contribution in [0.3, 0.4) is 0 Å². The van der Waals surface area contributed by atoms with Gasteiger partial charge in [-0.3, -0.25) is 9.59 Å². The number of carbonyl (C=O) groups excluding carboxylic acids is 2. The Hall–Kier alpha value is -3.40. The molecule has 0 aliphatic carbocycles. The maximum absolute atomic E-state index is 13.0. The third kappa shape index (κ3) is 4.54. The molecule has 3 aromatic rings. The lowest BCUT2D eigenvalue weighted by molar-refractivity contribution is -0.116. The van der Waals surface area contributed by atoms with E-state index in [1.807, 2.05) is 83.8 Å². The van der Waals surface area contributed by atoms with Gasteiger partial charge in [-0.15, -0.1) is 0 Å². The average molecular weight is 384 g/mol. The summed E-state index contributed by atoms with van der Waals surface area (Å²) in [6, 6.07) is 25.2. The predicted octanol–water partition coefficient (Wildman–Crippen LogP) is 4.85. The van der Waals surface area contributed by atoms with Gasteiger partial charge in [0.1, 0.15) is 0 Å². The summed E-state index contributed by atoms with van der Waals surface area (Å²) in [4.78, 5) is 27.2. The van der Waals surface area contributed by atoms with Gasteiger partial charge in [-0.2, -0.15) is 0 Å². The van der Waals surface area contributed by atoms with Crippen LogP contribution in [-0.2, 0) is 17.6 Å². The highest BCUT2D eigenvalue weighted by Gasteiger charge is 2.24. The fourth-order valence-electron chi connectivity index (χ4n) is 3.73. The van der Waals surface area contributed by atoms with Crippen molar-refractivity contribution in [2.75, 3.05) is 16.8 Å². The van der Waals surface area contributed by atoms with Gasteiger partial charge in [0.05, 0.1) is 0 Å². The molecule has 0 fully saturated rings. The number of benzene rings is 3. The molecular weight excluding hydrogens is 360 g/mol. The number of amides is 2. The summed E-state index contributed by atoms with van der Waals surface area (Å²) in [5.41, 5.74) is 4.59. The molecule has 3 aromatic carbocycles. The molecule has 0 atom stereocenters. The van der Waals surface area contributed by atoms with Gasteiger partial charge in [-0.25, -0.2) is 0 Å². The summed E-state index contributed by atoms with van der Waals surface area (Å²) in [5.74, 6) is -0.0235. The molecule has 29 heavy (non-hydrogen) atoms. The number of nitrogens with one attached hydrogen (secondary N) is 1. The van der Waals surface area contributed by atoms with E-state index in [0.29, 0.717) is 24.9 Å². The maximum Gasteiger partial charge on any atom is 0.258 e. The van der Waals surface area contributed by atoms with E-state index in [9.17, 15) is 9.59 Å². The lowest BCUT2D eigenvalue weighted by atomic mass is 10.00. The lowest BCUT2D eigenvalue weighted by Crippen LogP contribution is -2.35. The second-order valence-electron chi connectivity index (χ2n) is 7.30. The molecule has 0 spiro atoms. The molecule has 1 N–H and O–H groups in total. The Balaban J connectivity index is 1.48. The van der Waals surface area contributed by atoms with Crippen molar-refractivity contribution >= 4 is 23.2 Å². The summed E-state index contributed by atoms with van der Waals surface area (Å²) in [6.07, 6.45) is 3.01.